The van der Waals surface area contributed by atoms with Crippen LogP contribution in [0.5, 0.6) is 17.2 Å². The number of ether oxygens (including phenoxy) is 3. The molecule has 0 bridgehead atoms. The zero-order valence-electron chi connectivity index (χ0n) is 20.6. The molecule has 1 aliphatic carbocycles. The standard InChI is InChI=1S/C28H31NO5/c1-28(2,3)18-12-17(11-16-13-23(33-5)24(34-6)15-22(16)32-4)26-20(14-18)25(27(30)31)19-9-7-8-10-21(19)29-26/h7-11,13,15,18H,12,14H2,1-6H3,(H,30,31)/b17-11-/t18-/m0/s1. The molecule has 0 amide bonds. The van der Waals surface area contributed by atoms with E-state index in [0.29, 0.717) is 40.1 Å². The van der Waals surface area contributed by atoms with E-state index in [1.807, 2.05) is 36.4 Å². The largest absolute Gasteiger partial charge is 0.496 e. The molecule has 0 saturated carbocycles. The molecule has 4 rings (SSSR count). The summed E-state index contributed by atoms with van der Waals surface area (Å²) in [5.74, 6) is 1.14. The smallest absolute Gasteiger partial charge is 0.336 e. The molecule has 0 spiro atoms. The molecule has 6 nitrogen and oxygen atoms in total. The molecular formula is C28H31NO5. The fraction of sp³-hybridized carbons (Fsp3) is 0.357. The minimum Gasteiger partial charge on any atom is -0.496 e. The Labute approximate surface area is 200 Å². The SMILES string of the molecule is COc1cc(OC)c(OC)cc1/C=C1/C[C@H](C(C)(C)C)Cc2c1nc1ccccc1c2C(=O)O. The Morgan fingerprint density at radius 3 is 2.26 bits per heavy atom. The summed E-state index contributed by atoms with van der Waals surface area (Å²) < 4.78 is 16.6. The predicted octanol–water partition coefficient (Wildman–Crippen LogP) is 6.11. The molecule has 34 heavy (non-hydrogen) atoms. The number of pyridine rings is 1. The Morgan fingerprint density at radius 2 is 1.65 bits per heavy atom. The summed E-state index contributed by atoms with van der Waals surface area (Å²) in [6, 6.07) is 11.1. The Bertz CT molecular complexity index is 1290. The maximum absolute atomic E-state index is 12.5. The molecule has 1 aromatic heterocycles. The number of rotatable bonds is 5. The van der Waals surface area contributed by atoms with Crippen molar-refractivity contribution in [2.24, 2.45) is 11.3 Å². The third-order valence-corrected chi connectivity index (χ3v) is 6.72. The average molecular weight is 462 g/mol. The minimum absolute atomic E-state index is 0.0140. The normalized spacial score (nSPS) is 16.9. The van der Waals surface area contributed by atoms with E-state index in [2.05, 4.69) is 20.8 Å². The van der Waals surface area contributed by atoms with Crippen LogP contribution in [0, 0.1) is 11.3 Å². The molecule has 0 unspecified atom stereocenters. The van der Waals surface area contributed by atoms with Crippen LogP contribution in [-0.2, 0) is 6.42 Å². The van der Waals surface area contributed by atoms with Gasteiger partial charge in [0, 0.05) is 17.0 Å². The van der Waals surface area contributed by atoms with Crippen molar-refractivity contribution in [3.05, 3.63) is 58.8 Å². The number of nitrogens with zero attached hydrogens (tertiary/aromatic N) is 1. The number of carboxylic acids is 1. The third kappa shape index (κ3) is 4.20. The average Bonchev–Trinajstić information content (AvgIpc) is 2.81. The molecule has 1 aliphatic rings. The number of methoxy groups -OCH3 is 3. The van der Waals surface area contributed by atoms with E-state index in [4.69, 9.17) is 19.2 Å². The Hall–Kier alpha value is -3.54. The monoisotopic (exact) mass is 461 g/mol. The highest BCUT2D eigenvalue weighted by Crippen LogP contribution is 2.46. The fourth-order valence-electron chi connectivity index (χ4n) is 4.73. The number of hydrogen-bond acceptors (Lipinski definition) is 5. The van der Waals surface area contributed by atoms with Crippen LogP contribution < -0.4 is 14.2 Å². The van der Waals surface area contributed by atoms with Crippen molar-refractivity contribution in [2.75, 3.05) is 21.3 Å². The van der Waals surface area contributed by atoms with Crippen LogP contribution >= 0.6 is 0 Å². The first-order chi connectivity index (χ1) is 16.2. The number of benzene rings is 2. The second-order valence-electron chi connectivity index (χ2n) is 9.73. The van der Waals surface area contributed by atoms with Gasteiger partial charge in [-0.25, -0.2) is 9.78 Å². The van der Waals surface area contributed by atoms with E-state index in [-0.39, 0.29) is 11.3 Å². The number of hydrogen-bond donors (Lipinski definition) is 1. The molecule has 0 fully saturated rings. The molecular weight excluding hydrogens is 430 g/mol. The van der Waals surface area contributed by atoms with Gasteiger partial charge in [0.2, 0.25) is 0 Å². The van der Waals surface area contributed by atoms with Gasteiger partial charge in [-0.1, -0.05) is 39.0 Å². The number of allylic oxidation sites excluding steroid dienone is 1. The molecule has 1 atom stereocenters. The number of carbonyl (C=O) groups is 1. The van der Waals surface area contributed by atoms with E-state index < -0.39 is 5.97 Å². The molecule has 0 aliphatic heterocycles. The lowest BCUT2D eigenvalue weighted by Gasteiger charge is -2.36. The lowest BCUT2D eigenvalue weighted by Crippen LogP contribution is -2.28. The number of para-hydroxylation sites is 1. The second kappa shape index (κ2) is 9.01. The Morgan fingerprint density at radius 1 is 1.00 bits per heavy atom. The summed E-state index contributed by atoms with van der Waals surface area (Å²) in [4.78, 5) is 17.4. The molecule has 0 radical (unpaired) electrons. The van der Waals surface area contributed by atoms with Gasteiger partial charge < -0.3 is 19.3 Å². The molecule has 178 valence electrons. The summed E-state index contributed by atoms with van der Waals surface area (Å²) in [7, 11) is 4.80. The van der Waals surface area contributed by atoms with E-state index >= 15 is 0 Å². The molecule has 1 heterocycles. The molecule has 0 saturated heterocycles. The quantitative estimate of drug-likeness (QED) is 0.494. The maximum atomic E-state index is 12.5. The van der Waals surface area contributed by atoms with Gasteiger partial charge in [0.25, 0.3) is 0 Å². The third-order valence-electron chi connectivity index (χ3n) is 6.72. The van der Waals surface area contributed by atoms with Gasteiger partial charge in [0.05, 0.1) is 38.1 Å². The van der Waals surface area contributed by atoms with Gasteiger partial charge in [0.15, 0.2) is 11.5 Å². The van der Waals surface area contributed by atoms with Crippen molar-refractivity contribution in [3.63, 3.8) is 0 Å². The lowest BCUT2D eigenvalue weighted by atomic mass is 9.69. The van der Waals surface area contributed by atoms with E-state index in [0.717, 1.165) is 28.8 Å². The van der Waals surface area contributed by atoms with Crippen molar-refractivity contribution >= 4 is 28.5 Å². The summed E-state index contributed by atoms with van der Waals surface area (Å²) >= 11 is 0. The van der Waals surface area contributed by atoms with Crippen LogP contribution in [-0.4, -0.2) is 37.4 Å². The summed E-state index contributed by atoms with van der Waals surface area (Å²) in [6.07, 6.45) is 3.49. The van der Waals surface area contributed by atoms with E-state index in [1.54, 1.807) is 27.4 Å². The first kappa shape index (κ1) is 23.6. The molecule has 3 aromatic rings. The van der Waals surface area contributed by atoms with Crippen LogP contribution in [0.3, 0.4) is 0 Å². The van der Waals surface area contributed by atoms with Crippen molar-refractivity contribution in [3.8, 4) is 17.2 Å². The van der Waals surface area contributed by atoms with Gasteiger partial charge >= 0.3 is 5.97 Å². The van der Waals surface area contributed by atoms with Gasteiger partial charge in [-0.05, 0) is 53.5 Å². The summed E-state index contributed by atoms with van der Waals surface area (Å²) in [6.45, 7) is 6.60. The number of aromatic nitrogens is 1. The Balaban J connectivity index is 2.01. The number of aromatic carboxylic acids is 1. The van der Waals surface area contributed by atoms with Gasteiger partial charge in [0.1, 0.15) is 5.75 Å². The predicted molar refractivity (Wildman–Crippen MR) is 134 cm³/mol. The Kier molecular flexibility index (Phi) is 6.26. The maximum Gasteiger partial charge on any atom is 0.336 e. The van der Waals surface area contributed by atoms with Gasteiger partial charge in [-0.3, -0.25) is 0 Å². The van der Waals surface area contributed by atoms with Crippen LogP contribution in [0.25, 0.3) is 22.6 Å². The van der Waals surface area contributed by atoms with Crippen LogP contribution in [0.15, 0.2) is 36.4 Å². The van der Waals surface area contributed by atoms with Crippen molar-refractivity contribution in [1.29, 1.82) is 0 Å². The van der Waals surface area contributed by atoms with Crippen LogP contribution in [0.2, 0.25) is 0 Å². The van der Waals surface area contributed by atoms with Gasteiger partial charge in [-0.2, -0.15) is 0 Å². The summed E-state index contributed by atoms with van der Waals surface area (Å²) in [5, 5.41) is 10.9. The van der Waals surface area contributed by atoms with Crippen LogP contribution in [0.4, 0.5) is 0 Å². The van der Waals surface area contributed by atoms with Crippen molar-refractivity contribution < 1.29 is 24.1 Å². The topological polar surface area (TPSA) is 77.9 Å². The highest BCUT2D eigenvalue weighted by Gasteiger charge is 2.35. The number of fused-ring (bicyclic) bond motifs is 2. The first-order valence-electron chi connectivity index (χ1n) is 11.3. The minimum atomic E-state index is -0.924. The second-order valence-corrected chi connectivity index (χ2v) is 9.73. The zero-order valence-corrected chi connectivity index (χ0v) is 20.6. The number of carboxylic acid groups (broad SMARTS) is 1. The first-order valence-corrected chi connectivity index (χ1v) is 11.3. The van der Waals surface area contributed by atoms with Crippen molar-refractivity contribution in [1.82, 2.24) is 4.98 Å². The van der Waals surface area contributed by atoms with E-state index in [9.17, 15) is 9.90 Å². The highest BCUT2D eigenvalue weighted by atomic mass is 16.5. The zero-order chi connectivity index (χ0) is 24.6. The molecule has 1 N–H and O–H groups in total. The van der Waals surface area contributed by atoms with Crippen LogP contribution in [0.1, 0.15) is 54.4 Å². The van der Waals surface area contributed by atoms with Gasteiger partial charge in [-0.15, -0.1) is 0 Å². The lowest BCUT2D eigenvalue weighted by molar-refractivity contribution is 0.0696. The summed E-state index contributed by atoms with van der Waals surface area (Å²) in [5.41, 5.74) is 4.36. The fourth-order valence-corrected chi connectivity index (χ4v) is 4.73. The highest BCUT2D eigenvalue weighted by molar-refractivity contribution is 6.06. The van der Waals surface area contributed by atoms with E-state index in [1.165, 1.54) is 0 Å². The van der Waals surface area contributed by atoms with Crippen molar-refractivity contribution in [2.45, 2.75) is 33.6 Å². The molecule has 6 heteroatoms. The molecule has 2 aromatic carbocycles.